The van der Waals surface area contributed by atoms with Gasteiger partial charge in [0.2, 0.25) is 4.77 Å². The largest absolute Gasteiger partial charge is 0.483 e. The Bertz CT molecular complexity index is 1280. The fourth-order valence-electron chi connectivity index (χ4n) is 3.33. The van der Waals surface area contributed by atoms with Crippen molar-refractivity contribution in [3.8, 4) is 5.75 Å². The first-order valence-corrected chi connectivity index (χ1v) is 10.3. The van der Waals surface area contributed by atoms with E-state index in [9.17, 15) is 4.79 Å². The molecule has 0 aliphatic heterocycles. The van der Waals surface area contributed by atoms with Gasteiger partial charge >= 0.3 is 0 Å². The number of nitrogens with zero attached hydrogens (tertiary/aromatic N) is 2. The number of ether oxygens (including phenoxy) is 1. The molecule has 0 bridgehead atoms. The molecule has 0 saturated carbocycles. The number of anilines is 1. The van der Waals surface area contributed by atoms with Crippen molar-refractivity contribution in [1.82, 2.24) is 14.9 Å². The Morgan fingerprint density at radius 1 is 1.10 bits per heavy atom. The zero-order valence-corrected chi connectivity index (χ0v) is 18.1. The van der Waals surface area contributed by atoms with Gasteiger partial charge in [-0.05, 0) is 55.0 Å². The highest BCUT2D eigenvalue weighted by Gasteiger charge is 2.12. The zero-order chi connectivity index (χ0) is 21.8. The van der Waals surface area contributed by atoms with Crippen LogP contribution in [-0.2, 0) is 11.3 Å². The zero-order valence-electron chi connectivity index (χ0n) is 17.3. The van der Waals surface area contributed by atoms with Gasteiger partial charge in [0.15, 0.2) is 6.61 Å². The minimum absolute atomic E-state index is 0.0939. The lowest BCUT2D eigenvalue weighted by Crippen LogP contribution is -2.21. The summed E-state index contributed by atoms with van der Waals surface area (Å²) in [5, 5.41) is 11.9. The van der Waals surface area contributed by atoms with Crippen LogP contribution in [0.25, 0.3) is 10.8 Å². The molecule has 8 heteroatoms. The van der Waals surface area contributed by atoms with Crippen molar-refractivity contribution < 1.29 is 9.53 Å². The van der Waals surface area contributed by atoms with Crippen molar-refractivity contribution in [3.63, 3.8) is 0 Å². The summed E-state index contributed by atoms with van der Waals surface area (Å²) in [6, 6.07) is 19.6. The summed E-state index contributed by atoms with van der Waals surface area (Å²) in [7, 11) is 0. The van der Waals surface area contributed by atoms with E-state index in [4.69, 9.17) is 17.0 Å². The van der Waals surface area contributed by atoms with Gasteiger partial charge in [-0.3, -0.25) is 9.89 Å². The molecule has 0 spiro atoms. The number of aromatic nitrogens is 3. The van der Waals surface area contributed by atoms with Gasteiger partial charge in [0.25, 0.3) is 5.91 Å². The number of hydrogen-bond acceptors (Lipinski definition) is 5. The number of carbonyl (C=O) groups is 1. The Morgan fingerprint density at radius 2 is 1.87 bits per heavy atom. The highest BCUT2D eigenvalue weighted by Crippen LogP contribution is 2.28. The average Bonchev–Trinajstić information content (AvgIpc) is 3.10. The molecule has 4 aromatic rings. The van der Waals surface area contributed by atoms with E-state index in [0.29, 0.717) is 17.1 Å². The van der Waals surface area contributed by atoms with Crippen molar-refractivity contribution in [2.24, 2.45) is 0 Å². The molecule has 1 heterocycles. The van der Waals surface area contributed by atoms with Gasteiger partial charge in [-0.2, -0.15) is 5.10 Å². The Kier molecular flexibility index (Phi) is 5.99. The Balaban J connectivity index is 1.53. The van der Waals surface area contributed by atoms with Gasteiger partial charge in [-0.1, -0.05) is 48.0 Å². The summed E-state index contributed by atoms with van der Waals surface area (Å²) < 4.78 is 8.12. The number of hydrogen-bond donors (Lipinski definition) is 3. The van der Waals surface area contributed by atoms with Crippen LogP contribution in [0.3, 0.4) is 0 Å². The normalized spacial score (nSPS) is 10.8. The van der Waals surface area contributed by atoms with Crippen LogP contribution in [-0.4, -0.2) is 27.4 Å². The molecule has 7 nitrogen and oxygen atoms in total. The smallest absolute Gasteiger partial charge is 0.262 e. The van der Waals surface area contributed by atoms with Crippen LogP contribution in [0.1, 0.15) is 17.0 Å². The fourth-order valence-corrected chi connectivity index (χ4v) is 3.57. The van der Waals surface area contributed by atoms with Gasteiger partial charge in [-0.15, -0.1) is 0 Å². The number of nitrogens with one attached hydrogen (secondary N) is 3. The number of aryl methyl sites for hydroxylation is 2. The van der Waals surface area contributed by atoms with Gasteiger partial charge < -0.3 is 15.5 Å². The molecule has 0 aliphatic carbocycles. The van der Waals surface area contributed by atoms with Crippen molar-refractivity contribution in [1.29, 1.82) is 0 Å². The maximum Gasteiger partial charge on any atom is 0.262 e. The van der Waals surface area contributed by atoms with E-state index in [2.05, 4.69) is 20.9 Å². The van der Waals surface area contributed by atoms with E-state index < -0.39 is 0 Å². The monoisotopic (exact) mass is 433 g/mol. The molecule has 31 heavy (non-hydrogen) atoms. The standard InChI is InChI=1S/C23H23N5O2S/c1-15-7-10-18(11-8-15)25-22(29)14-30-21-12-9-17-5-3-4-6-19(17)20(21)13-24-28-16(2)26-27-23(28)31/h3-12,24H,13-14H2,1-2H3,(H,25,29)(H,27,31). The molecule has 0 radical (unpaired) electrons. The molecule has 3 N–H and O–H groups in total. The van der Waals surface area contributed by atoms with E-state index in [1.807, 2.05) is 74.5 Å². The second-order valence-corrected chi connectivity index (χ2v) is 7.60. The quantitative estimate of drug-likeness (QED) is 0.375. The summed E-state index contributed by atoms with van der Waals surface area (Å²) in [6.45, 7) is 4.21. The highest BCUT2D eigenvalue weighted by molar-refractivity contribution is 7.71. The minimum Gasteiger partial charge on any atom is -0.483 e. The van der Waals surface area contributed by atoms with Crippen LogP contribution in [0.2, 0.25) is 0 Å². The van der Waals surface area contributed by atoms with Gasteiger partial charge in [-0.25, -0.2) is 4.68 Å². The molecule has 0 fully saturated rings. The Labute approximate surface area is 185 Å². The number of fused-ring (bicyclic) bond motifs is 1. The van der Waals surface area contributed by atoms with Crippen LogP contribution in [0.15, 0.2) is 60.7 Å². The lowest BCUT2D eigenvalue weighted by Gasteiger charge is -2.16. The van der Waals surface area contributed by atoms with Crippen molar-refractivity contribution >= 4 is 34.6 Å². The summed E-state index contributed by atoms with van der Waals surface area (Å²) in [5.74, 6) is 1.15. The maximum absolute atomic E-state index is 12.4. The second kappa shape index (κ2) is 9.01. The van der Waals surface area contributed by atoms with Crippen LogP contribution in [0.4, 0.5) is 5.69 Å². The van der Waals surface area contributed by atoms with E-state index in [1.54, 1.807) is 4.68 Å². The maximum atomic E-state index is 12.4. The van der Waals surface area contributed by atoms with Crippen LogP contribution >= 0.6 is 12.2 Å². The predicted molar refractivity (Wildman–Crippen MR) is 124 cm³/mol. The Morgan fingerprint density at radius 3 is 2.61 bits per heavy atom. The molecule has 3 aromatic carbocycles. The number of carbonyl (C=O) groups excluding carboxylic acids is 1. The molecule has 1 amide bonds. The topological polar surface area (TPSA) is 84.0 Å². The SMILES string of the molecule is Cc1ccc(NC(=O)COc2ccc3ccccc3c2CNn2c(C)n[nH]c2=S)cc1. The van der Waals surface area contributed by atoms with E-state index in [0.717, 1.165) is 33.4 Å². The van der Waals surface area contributed by atoms with E-state index >= 15 is 0 Å². The third-order valence-corrected chi connectivity index (χ3v) is 5.22. The fraction of sp³-hybridized carbons (Fsp3) is 0.174. The third-order valence-electron chi connectivity index (χ3n) is 4.95. The van der Waals surface area contributed by atoms with Gasteiger partial charge in [0, 0.05) is 11.3 Å². The second-order valence-electron chi connectivity index (χ2n) is 7.21. The number of amides is 1. The molecule has 0 unspecified atom stereocenters. The van der Waals surface area contributed by atoms with E-state index in [-0.39, 0.29) is 12.5 Å². The molecule has 158 valence electrons. The average molecular weight is 434 g/mol. The Hall–Kier alpha value is -3.65. The van der Waals surface area contributed by atoms with Crippen molar-refractivity contribution in [3.05, 3.63) is 82.4 Å². The lowest BCUT2D eigenvalue weighted by molar-refractivity contribution is -0.118. The highest BCUT2D eigenvalue weighted by atomic mass is 32.1. The molecule has 0 saturated heterocycles. The predicted octanol–water partition coefficient (Wildman–Crippen LogP) is 4.47. The van der Waals surface area contributed by atoms with Crippen molar-refractivity contribution in [2.45, 2.75) is 20.4 Å². The number of benzene rings is 3. The molecule has 0 atom stereocenters. The molecule has 0 aliphatic rings. The first-order valence-electron chi connectivity index (χ1n) is 9.89. The molecule has 4 rings (SSSR count). The van der Waals surface area contributed by atoms with Crippen molar-refractivity contribution in [2.75, 3.05) is 17.3 Å². The lowest BCUT2D eigenvalue weighted by atomic mass is 10.0. The summed E-state index contributed by atoms with van der Waals surface area (Å²) in [4.78, 5) is 12.4. The first kappa shape index (κ1) is 20.6. The summed E-state index contributed by atoms with van der Waals surface area (Å²) in [5.41, 5.74) is 6.09. The minimum atomic E-state index is -0.219. The van der Waals surface area contributed by atoms with Crippen LogP contribution in [0, 0.1) is 18.6 Å². The van der Waals surface area contributed by atoms with Crippen LogP contribution < -0.4 is 15.5 Å². The molecular formula is C23H23N5O2S. The number of aromatic amines is 1. The third kappa shape index (κ3) is 4.75. The number of H-pyrrole nitrogens is 1. The van der Waals surface area contributed by atoms with E-state index in [1.165, 1.54) is 0 Å². The molecular weight excluding hydrogens is 410 g/mol. The number of rotatable bonds is 7. The van der Waals surface area contributed by atoms with Crippen LogP contribution in [0.5, 0.6) is 5.75 Å². The van der Waals surface area contributed by atoms with Gasteiger partial charge in [0.1, 0.15) is 11.6 Å². The summed E-state index contributed by atoms with van der Waals surface area (Å²) in [6.07, 6.45) is 0. The first-order chi connectivity index (χ1) is 15.0. The molecule has 1 aromatic heterocycles. The summed E-state index contributed by atoms with van der Waals surface area (Å²) >= 11 is 5.27. The van der Waals surface area contributed by atoms with Gasteiger partial charge in [0.05, 0.1) is 6.54 Å².